The van der Waals surface area contributed by atoms with Gasteiger partial charge in [0.1, 0.15) is 5.78 Å². The summed E-state index contributed by atoms with van der Waals surface area (Å²) >= 11 is 1.75. The van der Waals surface area contributed by atoms with E-state index in [4.69, 9.17) is 4.99 Å². The van der Waals surface area contributed by atoms with Crippen LogP contribution in [0, 0.1) is 23.7 Å². The highest BCUT2D eigenvalue weighted by atomic mass is 32.2. The summed E-state index contributed by atoms with van der Waals surface area (Å²) in [6, 6.07) is 4.15. The number of hydrogen-bond donors (Lipinski definition) is 0. The average Bonchev–Trinajstić information content (AvgIpc) is 2.70. The summed E-state index contributed by atoms with van der Waals surface area (Å²) in [5.74, 6) is 3.03. The van der Waals surface area contributed by atoms with Crippen LogP contribution in [0.25, 0.3) is 0 Å². The Hall–Kier alpha value is -1.42. The van der Waals surface area contributed by atoms with Crippen LogP contribution in [0.2, 0.25) is 0 Å². The quantitative estimate of drug-likeness (QED) is 0.482. The zero-order valence-electron chi connectivity index (χ0n) is 18.1. The molecule has 1 aromatic rings. The molecule has 3 unspecified atom stereocenters. The number of dihydropyridines is 1. The van der Waals surface area contributed by atoms with Crippen LogP contribution in [0.15, 0.2) is 41.2 Å². The van der Waals surface area contributed by atoms with Crippen molar-refractivity contribution < 1.29 is 4.79 Å². The van der Waals surface area contributed by atoms with Crippen LogP contribution in [0.4, 0.5) is 0 Å². The largest absolute Gasteiger partial charge is 0.300 e. The van der Waals surface area contributed by atoms with Crippen molar-refractivity contribution in [3.63, 3.8) is 0 Å². The van der Waals surface area contributed by atoms with Gasteiger partial charge in [0, 0.05) is 37.5 Å². The van der Waals surface area contributed by atoms with Crippen molar-refractivity contribution in [2.75, 3.05) is 18.6 Å². The fraction of sp³-hybridized carbons (Fsp3) is 0.625. The monoisotopic (exact) mass is 400 g/mol. The van der Waals surface area contributed by atoms with E-state index in [1.54, 1.807) is 11.8 Å². The molecule has 2 rings (SSSR count). The molecule has 28 heavy (non-hydrogen) atoms. The fourth-order valence-corrected chi connectivity index (χ4v) is 4.56. The smallest absolute Gasteiger partial charge is 0.134 e. The molecule has 154 valence electrons. The third kappa shape index (κ3) is 6.88. The van der Waals surface area contributed by atoms with Crippen molar-refractivity contribution >= 4 is 23.3 Å². The average molecular weight is 401 g/mol. The molecule has 0 radical (unpaired) electrons. The van der Waals surface area contributed by atoms with Gasteiger partial charge in [0.15, 0.2) is 0 Å². The summed E-state index contributed by atoms with van der Waals surface area (Å²) in [6.45, 7) is 9.80. The number of ketones is 1. The van der Waals surface area contributed by atoms with Crippen molar-refractivity contribution in [1.82, 2.24) is 4.98 Å². The van der Waals surface area contributed by atoms with Crippen LogP contribution in [-0.2, 0) is 11.2 Å². The zero-order chi connectivity index (χ0) is 20.5. The Bertz CT molecular complexity index is 681. The van der Waals surface area contributed by atoms with Gasteiger partial charge in [-0.25, -0.2) is 0 Å². The maximum atomic E-state index is 12.4. The molecular formula is C24H36N2OS. The molecule has 0 saturated carbocycles. The van der Waals surface area contributed by atoms with E-state index in [1.807, 2.05) is 18.5 Å². The maximum absolute atomic E-state index is 12.4. The SMILES string of the molecule is CSCCC(=O)CC(C(C)C)C(C)C1=CC(CCc2cccnc2)CN=C1C. The first-order valence-corrected chi connectivity index (χ1v) is 11.9. The van der Waals surface area contributed by atoms with E-state index in [0.717, 1.165) is 30.9 Å². The van der Waals surface area contributed by atoms with Gasteiger partial charge in [-0.05, 0) is 72.6 Å². The first-order valence-electron chi connectivity index (χ1n) is 10.5. The van der Waals surface area contributed by atoms with E-state index in [2.05, 4.69) is 51.1 Å². The molecule has 0 aromatic carbocycles. The fourth-order valence-electron chi connectivity index (χ4n) is 4.13. The van der Waals surface area contributed by atoms with Gasteiger partial charge in [-0.3, -0.25) is 14.8 Å². The van der Waals surface area contributed by atoms with Gasteiger partial charge < -0.3 is 0 Å². The molecule has 0 N–H and O–H groups in total. The van der Waals surface area contributed by atoms with Gasteiger partial charge >= 0.3 is 0 Å². The van der Waals surface area contributed by atoms with E-state index >= 15 is 0 Å². The van der Waals surface area contributed by atoms with Crippen LogP contribution >= 0.6 is 11.8 Å². The Morgan fingerprint density at radius 1 is 1.32 bits per heavy atom. The number of aryl methyl sites for hydroxylation is 1. The lowest BCUT2D eigenvalue weighted by atomic mass is 9.74. The van der Waals surface area contributed by atoms with Gasteiger partial charge in [0.25, 0.3) is 0 Å². The van der Waals surface area contributed by atoms with Crippen LogP contribution in [0.1, 0.15) is 52.5 Å². The number of aliphatic imine (C=N–C) groups is 1. The Morgan fingerprint density at radius 3 is 2.75 bits per heavy atom. The minimum Gasteiger partial charge on any atom is -0.300 e. The summed E-state index contributed by atoms with van der Waals surface area (Å²) in [5.41, 5.74) is 3.81. The number of Topliss-reactive ketones (excluding diaryl/α,β-unsaturated/α-hetero) is 1. The minimum absolute atomic E-state index is 0.364. The van der Waals surface area contributed by atoms with E-state index in [1.165, 1.54) is 11.1 Å². The minimum atomic E-state index is 0.364. The molecule has 0 amide bonds. The Morgan fingerprint density at radius 2 is 2.11 bits per heavy atom. The standard InChI is InChI=1S/C24H36N2OS/c1-17(2)23(14-22(27)10-12-28-5)18(3)24-13-21(16-26-19(24)4)9-8-20-7-6-11-25-15-20/h6-7,11,13,15,17-18,21,23H,8-10,12,14,16H2,1-5H3. The number of rotatable bonds is 11. The van der Waals surface area contributed by atoms with Crippen LogP contribution < -0.4 is 0 Å². The molecule has 0 aliphatic carbocycles. The number of allylic oxidation sites excluding steroid dienone is 1. The molecule has 0 bridgehead atoms. The number of carbonyl (C=O) groups excluding carboxylic acids is 1. The summed E-state index contributed by atoms with van der Waals surface area (Å²) in [4.78, 5) is 21.5. The maximum Gasteiger partial charge on any atom is 0.134 e. The second-order valence-electron chi connectivity index (χ2n) is 8.39. The van der Waals surface area contributed by atoms with Crippen molar-refractivity contribution in [2.24, 2.45) is 28.7 Å². The molecule has 0 fully saturated rings. The van der Waals surface area contributed by atoms with E-state index in [-0.39, 0.29) is 0 Å². The number of thioether (sulfide) groups is 1. The second-order valence-corrected chi connectivity index (χ2v) is 9.38. The highest BCUT2D eigenvalue weighted by Crippen LogP contribution is 2.34. The highest BCUT2D eigenvalue weighted by Gasteiger charge is 2.29. The number of aromatic nitrogens is 1. The molecule has 2 heterocycles. The molecule has 0 spiro atoms. The van der Waals surface area contributed by atoms with Crippen molar-refractivity contribution in [2.45, 2.75) is 53.4 Å². The van der Waals surface area contributed by atoms with Gasteiger partial charge in [-0.2, -0.15) is 11.8 Å². The summed E-state index contributed by atoms with van der Waals surface area (Å²) in [7, 11) is 0. The number of pyridine rings is 1. The number of hydrogen-bond acceptors (Lipinski definition) is 4. The van der Waals surface area contributed by atoms with E-state index in [0.29, 0.717) is 42.3 Å². The lowest BCUT2D eigenvalue weighted by Crippen LogP contribution is -2.27. The first kappa shape index (κ1) is 22.9. The highest BCUT2D eigenvalue weighted by molar-refractivity contribution is 7.98. The van der Waals surface area contributed by atoms with Crippen LogP contribution in [0.5, 0.6) is 0 Å². The molecular weight excluding hydrogens is 364 g/mol. The summed E-state index contributed by atoms with van der Waals surface area (Å²) < 4.78 is 0. The Kier molecular flexibility index (Phi) is 9.43. The molecule has 3 nitrogen and oxygen atoms in total. The van der Waals surface area contributed by atoms with E-state index < -0.39 is 0 Å². The topological polar surface area (TPSA) is 42.3 Å². The van der Waals surface area contributed by atoms with Gasteiger partial charge in [0.05, 0.1) is 0 Å². The normalized spacial score (nSPS) is 19.1. The van der Waals surface area contributed by atoms with Crippen molar-refractivity contribution in [1.29, 1.82) is 0 Å². The predicted molar refractivity (Wildman–Crippen MR) is 122 cm³/mol. The molecule has 0 saturated heterocycles. The summed E-state index contributed by atoms with van der Waals surface area (Å²) in [5, 5.41) is 0. The summed E-state index contributed by atoms with van der Waals surface area (Å²) in [6.07, 6.45) is 11.8. The van der Waals surface area contributed by atoms with Crippen LogP contribution in [0.3, 0.4) is 0 Å². The number of carbonyl (C=O) groups is 1. The van der Waals surface area contributed by atoms with Crippen LogP contribution in [-0.4, -0.2) is 35.0 Å². The van der Waals surface area contributed by atoms with E-state index in [9.17, 15) is 4.79 Å². The van der Waals surface area contributed by atoms with Crippen molar-refractivity contribution in [3.05, 3.63) is 41.7 Å². The Labute approximate surface area is 175 Å². The van der Waals surface area contributed by atoms with Gasteiger partial charge in [-0.1, -0.05) is 32.9 Å². The molecule has 1 aliphatic heterocycles. The second kappa shape index (κ2) is 11.5. The molecule has 3 atom stereocenters. The van der Waals surface area contributed by atoms with Gasteiger partial charge in [-0.15, -0.1) is 0 Å². The zero-order valence-corrected chi connectivity index (χ0v) is 19.0. The lowest BCUT2D eigenvalue weighted by Gasteiger charge is -2.32. The third-order valence-electron chi connectivity index (χ3n) is 5.96. The van der Waals surface area contributed by atoms with Crippen molar-refractivity contribution in [3.8, 4) is 0 Å². The molecule has 1 aliphatic rings. The number of nitrogens with zero attached hydrogens (tertiary/aromatic N) is 2. The lowest BCUT2D eigenvalue weighted by molar-refractivity contribution is -0.120. The Balaban J connectivity index is 2.05. The predicted octanol–water partition coefficient (Wildman–Crippen LogP) is 5.65. The molecule has 4 heteroatoms. The third-order valence-corrected chi connectivity index (χ3v) is 6.57. The first-order chi connectivity index (χ1) is 13.4. The van der Waals surface area contributed by atoms with Gasteiger partial charge in [0.2, 0.25) is 0 Å². The molecule has 1 aromatic heterocycles.